The minimum absolute atomic E-state index is 0.567. The van der Waals surface area contributed by atoms with Crippen LogP contribution in [0.25, 0.3) is 10.9 Å². The van der Waals surface area contributed by atoms with E-state index in [4.69, 9.17) is 14.7 Å². The molecule has 6 rings (SSSR count). The summed E-state index contributed by atoms with van der Waals surface area (Å²) in [6, 6.07) is 6.17. The van der Waals surface area contributed by atoms with Crippen molar-refractivity contribution in [1.82, 2.24) is 20.2 Å². The van der Waals surface area contributed by atoms with Gasteiger partial charge in [-0.05, 0) is 49.3 Å². The lowest BCUT2D eigenvalue weighted by molar-refractivity contribution is 0.133. The van der Waals surface area contributed by atoms with Crippen molar-refractivity contribution in [3.63, 3.8) is 0 Å². The van der Waals surface area contributed by atoms with Crippen LogP contribution in [0.1, 0.15) is 30.5 Å². The number of hydrogen-bond donors (Lipinski definition) is 2. The number of nitrogens with zero attached hydrogens (tertiary/aromatic N) is 4. The van der Waals surface area contributed by atoms with E-state index in [9.17, 15) is 0 Å². The molecule has 4 heterocycles. The zero-order chi connectivity index (χ0) is 17.8. The molecule has 2 aromatic heterocycles. The first-order valence-electron chi connectivity index (χ1n) is 9.74. The fourth-order valence-corrected chi connectivity index (χ4v) is 4.81. The van der Waals surface area contributed by atoms with E-state index in [2.05, 4.69) is 26.5 Å². The number of benzene rings is 1. The number of ether oxygens (including phenoxy) is 1. The van der Waals surface area contributed by atoms with Crippen LogP contribution < -0.4 is 10.2 Å². The minimum Gasteiger partial charge on any atom is -0.370 e. The third kappa shape index (κ3) is 2.65. The molecule has 1 aromatic carbocycles. The van der Waals surface area contributed by atoms with Gasteiger partial charge < -0.3 is 15.0 Å². The van der Waals surface area contributed by atoms with Crippen molar-refractivity contribution in [3.05, 3.63) is 35.7 Å². The highest BCUT2D eigenvalue weighted by molar-refractivity contribution is 5.83. The van der Waals surface area contributed by atoms with Crippen LogP contribution in [-0.4, -0.2) is 33.3 Å². The van der Waals surface area contributed by atoms with E-state index < -0.39 is 0 Å². The monoisotopic (exact) mass is 362 g/mol. The molecule has 0 spiro atoms. The van der Waals surface area contributed by atoms with Gasteiger partial charge in [0.2, 0.25) is 5.95 Å². The van der Waals surface area contributed by atoms with Crippen LogP contribution in [0.3, 0.4) is 0 Å². The summed E-state index contributed by atoms with van der Waals surface area (Å²) in [5.41, 5.74) is 4.12. The molecular weight excluding hydrogens is 340 g/mol. The molecule has 2 unspecified atom stereocenters. The SMILES string of the molecule is c1cc2[nH]ncc2cc1Nc1nc(N2CC3CCC(C3)C2)nc2c1COC2. The zero-order valence-corrected chi connectivity index (χ0v) is 15.1. The van der Waals surface area contributed by atoms with Gasteiger partial charge in [0, 0.05) is 29.7 Å². The topological polar surface area (TPSA) is 79.0 Å². The van der Waals surface area contributed by atoms with Crippen molar-refractivity contribution >= 4 is 28.4 Å². The Morgan fingerprint density at radius 2 is 2.00 bits per heavy atom. The van der Waals surface area contributed by atoms with Gasteiger partial charge in [-0.1, -0.05) is 0 Å². The maximum atomic E-state index is 5.67. The van der Waals surface area contributed by atoms with Gasteiger partial charge in [0.1, 0.15) is 5.82 Å². The van der Waals surface area contributed by atoms with Crippen molar-refractivity contribution in [1.29, 1.82) is 0 Å². The molecule has 138 valence electrons. The molecule has 0 amide bonds. The molecule has 27 heavy (non-hydrogen) atoms. The number of hydrogen-bond acceptors (Lipinski definition) is 6. The van der Waals surface area contributed by atoms with Gasteiger partial charge in [0.25, 0.3) is 0 Å². The Labute approximate surface area is 157 Å². The fourth-order valence-electron chi connectivity index (χ4n) is 4.81. The summed E-state index contributed by atoms with van der Waals surface area (Å²) < 4.78 is 5.67. The molecule has 1 saturated carbocycles. The van der Waals surface area contributed by atoms with Crippen LogP contribution in [0, 0.1) is 11.8 Å². The molecule has 1 aliphatic carbocycles. The van der Waals surface area contributed by atoms with E-state index in [0.29, 0.717) is 13.2 Å². The van der Waals surface area contributed by atoms with Crippen LogP contribution in [0.4, 0.5) is 17.5 Å². The van der Waals surface area contributed by atoms with Crippen LogP contribution in [0.5, 0.6) is 0 Å². The van der Waals surface area contributed by atoms with E-state index >= 15 is 0 Å². The zero-order valence-electron chi connectivity index (χ0n) is 15.1. The van der Waals surface area contributed by atoms with Gasteiger partial charge in [-0.15, -0.1) is 0 Å². The van der Waals surface area contributed by atoms with E-state index in [-0.39, 0.29) is 0 Å². The number of H-pyrrole nitrogens is 1. The smallest absolute Gasteiger partial charge is 0.227 e. The maximum Gasteiger partial charge on any atom is 0.227 e. The Morgan fingerprint density at radius 3 is 2.89 bits per heavy atom. The number of aromatic amines is 1. The van der Waals surface area contributed by atoms with Gasteiger partial charge in [0.15, 0.2) is 0 Å². The third-order valence-corrected chi connectivity index (χ3v) is 6.16. The van der Waals surface area contributed by atoms with Gasteiger partial charge >= 0.3 is 0 Å². The summed E-state index contributed by atoms with van der Waals surface area (Å²) >= 11 is 0. The summed E-state index contributed by atoms with van der Waals surface area (Å²) in [5.74, 6) is 3.32. The van der Waals surface area contributed by atoms with Crippen molar-refractivity contribution in [2.24, 2.45) is 11.8 Å². The molecule has 1 saturated heterocycles. The normalized spacial score (nSPS) is 23.8. The molecular formula is C20H22N6O. The number of piperidine rings is 1. The summed E-state index contributed by atoms with van der Waals surface area (Å²) in [4.78, 5) is 12.2. The predicted octanol–water partition coefficient (Wildman–Crippen LogP) is 3.36. The minimum atomic E-state index is 0.567. The first kappa shape index (κ1) is 15.4. The average molecular weight is 362 g/mol. The van der Waals surface area contributed by atoms with Crippen molar-refractivity contribution in [2.75, 3.05) is 23.3 Å². The van der Waals surface area contributed by atoms with Gasteiger partial charge in [-0.2, -0.15) is 10.1 Å². The lowest BCUT2D eigenvalue weighted by atomic mass is 9.99. The van der Waals surface area contributed by atoms with Crippen LogP contribution in [-0.2, 0) is 18.0 Å². The lowest BCUT2D eigenvalue weighted by Gasteiger charge is -2.32. The highest BCUT2D eigenvalue weighted by atomic mass is 16.5. The van der Waals surface area contributed by atoms with Gasteiger partial charge in [-0.3, -0.25) is 5.10 Å². The molecule has 2 fully saturated rings. The molecule has 0 radical (unpaired) electrons. The molecule has 3 aromatic rings. The lowest BCUT2D eigenvalue weighted by Crippen LogP contribution is -2.37. The van der Waals surface area contributed by atoms with Gasteiger partial charge in [0.05, 0.1) is 30.6 Å². The number of aromatic nitrogens is 4. The molecule has 2 N–H and O–H groups in total. The number of fused-ring (bicyclic) bond motifs is 4. The number of anilines is 3. The van der Waals surface area contributed by atoms with Gasteiger partial charge in [-0.25, -0.2) is 4.98 Å². The highest BCUT2D eigenvalue weighted by Gasteiger charge is 2.34. The molecule has 2 atom stereocenters. The Hall–Kier alpha value is -2.67. The number of rotatable bonds is 3. The summed E-state index contributed by atoms with van der Waals surface area (Å²) in [7, 11) is 0. The summed E-state index contributed by atoms with van der Waals surface area (Å²) in [6.45, 7) is 3.30. The van der Waals surface area contributed by atoms with Crippen LogP contribution in [0.15, 0.2) is 24.4 Å². The molecule has 2 bridgehead atoms. The Morgan fingerprint density at radius 1 is 1.11 bits per heavy atom. The molecule has 7 heteroatoms. The third-order valence-electron chi connectivity index (χ3n) is 6.16. The van der Waals surface area contributed by atoms with Crippen molar-refractivity contribution in [2.45, 2.75) is 32.5 Å². The Balaban J connectivity index is 1.36. The van der Waals surface area contributed by atoms with Crippen LogP contribution in [0.2, 0.25) is 0 Å². The van der Waals surface area contributed by atoms with Crippen molar-refractivity contribution < 1.29 is 4.74 Å². The predicted molar refractivity (Wildman–Crippen MR) is 103 cm³/mol. The van der Waals surface area contributed by atoms with E-state index in [1.807, 2.05) is 18.3 Å². The first-order valence-corrected chi connectivity index (χ1v) is 9.74. The molecule has 3 aliphatic rings. The second-order valence-corrected chi connectivity index (χ2v) is 8.04. The Kier molecular flexibility index (Phi) is 3.38. The standard InChI is InChI=1S/C20H22N6O/c1-2-13-5-12(1)8-26(9-13)20-23-18-11-27-10-16(18)19(24-20)22-15-3-4-17-14(6-15)7-21-25-17/h3-4,6-7,12-13H,1-2,5,8-11H2,(H,21,25)(H,22,23,24). The Bertz CT molecular complexity index is 1000. The second-order valence-electron chi connectivity index (χ2n) is 8.04. The summed E-state index contributed by atoms with van der Waals surface area (Å²) in [5, 5.41) is 11.7. The van der Waals surface area contributed by atoms with Crippen LogP contribution >= 0.6 is 0 Å². The van der Waals surface area contributed by atoms with Crippen molar-refractivity contribution in [3.8, 4) is 0 Å². The number of nitrogens with one attached hydrogen (secondary N) is 2. The van der Waals surface area contributed by atoms with E-state index in [0.717, 1.165) is 64.5 Å². The largest absolute Gasteiger partial charge is 0.370 e. The highest BCUT2D eigenvalue weighted by Crippen LogP contribution is 2.38. The maximum absolute atomic E-state index is 5.67. The first-order chi connectivity index (χ1) is 13.3. The quantitative estimate of drug-likeness (QED) is 0.744. The molecule has 2 aliphatic heterocycles. The fraction of sp³-hybridized carbons (Fsp3) is 0.450. The van der Waals surface area contributed by atoms with E-state index in [1.54, 1.807) is 0 Å². The summed E-state index contributed by atoms with van der Waals surface area (Å²) in [6.07, 6.45) is 5.92. The average Bonchev–Trinajstić information content (AvgIpc) is 3.41. The van der Waals surface area contributed by atoms with E-state index in [1.165, 1.54) is 19.3 Å². The molecule has 7 nitrogen and oxygen atoms in total. The second kappa shape index (κ2) is 5.92.